The summed E-state index contributed by atoms with van der Waals surface area (Å²) in [5.74, 6) is -0.438. The Kier molecular flexibility index (Phi) is 5.98. The molecule has 1 saturated heterocycles. The number of amides is 1. The number of carbonyl (C=O) groups is 2. The molecule has 7 atom stereocenters. The fraction of sp³-hybridized carbons (Fsp3) is 0.438. The van der Waals surface area contributed by atoms with E-state index in [2.05, 4.69) is 53.4 Å². The second-order valence-electron chi connectivity index (χ2n) is 11.9. The van der Waals surface area contributed by atoms with Crippen molar-refractivity contribution >= 4 is 22.6 Å². The predicted molar refractivity (Wildman–Crippen MR) is 149 cm³/mol. The van der Waals surface area contributed by atoms with Gasteiger partial charge in [-0.25, -0.2) is 0 Å². The first-order valence-electron chi connectivity index (χ1n) is 13.8. The van der Waals surface area contributed by atoms with Crippen molar-refractivity contribution in [2.75, 3.05) is 0 Å². The number of aromatic nitrogens is 2. The van der Waals surface area contributed by atoms with Crippen LogP contribution < -0.4 is 5.32 Å². The number of H-pyrrole nitrogens is 2. The number of hydrogen-bond acceptors (Lipinski definition) is 3. The lowest BCUT2D eigenvalue weighted by Gasteiger charge is -2.46. The van der Waals surface area contributed by atoms with E-state index in [9.17, 15) is 14.7 Å². The maximum absolute atomic E-state index is 14.3. The molecule has 1 amide bonds. The van der Waals surface area contributed by atoms with Gasteiger partial charge in [0.2, 0.25) is 5.91 Å². The zero-order valence-electron chi connectivity index (χ0n) is 22.5. The van der Waals surface area contributed by atoms with Crippen molar-refractivity contribution in [3.8, 4) is 0 Å². The molecule has 2 aliphatic heterocycles. The molecule has 1 fully saturated rings. The molecule has 6 heteroatoms. The maximum atomic E-state index is 14.3. The molecule has 2 aromatic heterocycles. The number of ketones is 1. The van der Waals surface area contributed by atoms with E-state index in [1.165, 1.54) is 0 Å². The summed E-state index contributed by atoms with van der Waals surface area (Å²) in [5.41, 5.74) is 4.42. The highest BCUT2D eigenvalue weighted by Crippen LogP contribution is 2.55. The second-order valence-corrected chi connectivity index (χ2v) is 11.9. The van der Waals surface area contributed by atoms with Crippen molar-refractivity contribution in [1.29, 1.82) is 0 Å². The van der Waals surface area contributed by atoms with Gasteiger partial charge in [0.1, 0.15) is 5.41 Å². The number of hydrogen-bond donors (Lipinski definition) is 4. The van der Waals surface area contributed by atoms with Gasteiger partial charge >= 0.3 is 0 Å². The number of aromatic amines is 2. The highest BCUT2D eigenvalue weighted by Gasteiger charge is 2.64. The van der Waals surface area contributed by atoms with Crippen molar-refractivity contribution < 1.29 is 14.7 Å². The molecule has 198 valence electrons. The van der Waals surface area contributed by atoms with Crippen LogP contribution in [0.1, 0.15) is 62.3 Å². The normalized spacial score (nSPS) is 34.3. The van der Waals surface area contributed by atoms with Gasteiger partial charge < -0.3 is 20.4 Å². The van der Waals surface area contributed by atoms with E-state index in [0.29, 0.717) is 23.7 Å². The third-order valence-corrected chi connectivity index (χ3v) is 9.58. The molecule has 4 N–H and O–H groups in total. The quantitative estimate of drug-likeness (QED) is 0.355. The zero-order chi connectivity index (χ0) is 26.8. The van der Waals surface area contributed by atoms with Gasteiger partial charge in [0, 0.05) is 46.6 Å². The van der Waals surface area contributed by atoms with Crippen LogP contribution in [-0.2, 0) is 16.6 Å². The summed E-state index contributed by atoms with van der Waals surface area (Å²) in [6.45, 7) is 8.19. The van der Waals surface area contributed by atoms with Crippen LogP contribution in [0.15, 0.2) is 65.9 Å². The van der Waals surface area contributed by atoms with Crippen molar-refractivity contribution in [3.05, 3.63) is 82.8 Å². The molecular formula is C32H37N3O3. The van der Waals surface area contributed by atoms with Crippen LogP contribution in [0.2, 0.25) is 0 Å². The topological polar surface area (TPSA) is 98.0 Å². The Hall–Kier alpha value is -3.38. The van der Waals surface area contributed by atoms with Crippen molar-refractivity contribution in [2.45, 2.75) is 64.5 Å². The second kappa shape index (κ2) is 9.12. The number of rotatable bonds is 2. The fourth-order valence-corrected chi connectivity index (χ4v) is 7.57. The Bertz CT molecular complexity index is 1480. The summed E-state index contributed by atoms with van der Waals surface area (Å²) in [4.78, 5) is 34.4. The number of Topliss-reactive ketones (excluding diaryl/α,β-unsaturated/α-hetero) is 1. The average Bonchev–Trinajstić information content (AvgIpc) is 3.61. The van der Waals surface area contributed by atoms with Gasteiger partial charge in [-0.1, -0.05) is 49.8 Å². The van der Waals surface area contributed by atoms with Crippen LogP contribution >= 0.6 is 0 Å². The van der Waals surface area contributed by atoms with Gasteiger partial charge in [-0.15, -0.1) is 0 Å². The molecule has 3 aliphatic rings. The molecule has 1 unspecified atom stereocenters. The van der Waals surface area contributed by atoms with Crippen LogP contribution in [0.5, 0.6) is 0 Å². The van der Waals surface area contributed by atoms with Crippen LogP contribution in [0.25, 0.3) is 10.9 Å². The molecule has 38 heavy (non-hydrogen) atoms. The summed E-state index contributed by atoms with van der Waals surface area (Å²) in [6.07, 6.45) is 7.71. The molecule has 0 radical (unpaired) electrons. The Labute approximate surface area is 223 Å². The summed E-state index contributed by atoms with van der Waals surface area (Å²) in [7, 11) is 0. The molecule has 4 heterocycles. The first kappa shape index (κ1) is 24.9. The van der Waals surface area contributed by atoms with E-state index in [1.807, 2.05) is 44.3 Å². The standard InChI is InChI=1S/C32H37N3O3/c1-17-8-7-10-23-30(37)20(4)19(3)28-26(15-21-16-33-24-11-6-5-9-22(21)24)35-31(38)32(23,28)27-13-12-25(34-27)29(36)18(2)14-17/h5-7,9-13,16-18,23,26,28,30,33-34,37H,8,14-15H2,1-4H3,(H,35,38)/b10-7+/t17-,18-,23-,26-,28?,30+,32+/m0/s1. The van der Waals surface area contributed by atoms with E-state index >= 15 is 0 Å². The van der Waals surface area contributed by atoms with Gasteiger partial charge in [0.25, 0.3) is 0 Å². The highest BCUT2D eigenvalue weighted by molar-refractivity contribution is 5.98. The average molecular weight is 512 g/mol. The third-order valence-electron chi connectivity index (χ3n) is 9.58. The first-order valence-corrected chi connectivity index (χ1v) is 13.8. The lowest BCUT2D eigenvalue weighted by molar-refractivity contribution is -0.127. The number of allylic oxidation sites excluding steroid dienone is 1. The van der Waals surface area contributed by atoms with Gasteiger partial charge in [0.15, 0.2) is 5.78 Å². The maximum Gasteiger partial charge on any atom is 0.233 e. The summed E-state index contributed by atoms with van der Waals surface area (Å²) in [5, 5.41) is 16.2. The van der Waals surface area contributed by atoms with Crippen LogP contribution in [-0.4, -0.2) is 38.9 Å². The summed E-state index contributed by atoms with van der Waals surface area (Å²) >= 11 is 0. The summed E-state index contributed by atoms with van der Waals surface area (Å²) < 4.78 is 0. The number of para-hydroxylation sites is 1. The molecule has 1 aliphatic carbocycles. The number of aliphatic hydroxyl groups excluding tert-OH is 1. The molecule has 6 nitrogen and oxygen atoms in total. The molecule has 0 saturated carbocycles. The Morgan fingerprint density at radius 2 is 1.84 bits per heavy atom. The van der Waals surface area contributed by atoms with Crippen LogP contribution in [0.4, 0.5) is 0 Å². The first-order chi connectivity index (χ1) is 18.2. The van der Waals surface area contributed by atoms with E-state index in [-0.39, 0.29) is 29.6 Å². The molecule has 1 aromatic carbocycles. The minimum absolute atomic E-state index is 0.0747. The molecule has 3 aromatic rings. The van der Waals surface area contributed by atoms with Gasteiger partial charge in [-0.3, -0.25) is 9.59 Å². The van der Waals surface area contributed by atoms with Gasteiger partial charge in [0.05, 0.1) is 11.8 Å². The Morgan fingerprint density at radius 1 is 1.05 bits per heavy atom. The SMILES string of the molecule is CC1=C(C)[C@@H](O)[C@@H]2/C=C/C[C@H](C)C[C@H](C)C(=O)c3ccc([nH]3)[C@]23C(=O)N[C@@H](Cc2c[nH]c4ccccc24)C13. The minimum atomic E-state index is -1.04. The largest absolute Gasteiger partial charge is 0.388 e. The summed E-state index contributed by atoms with van der Waals surface area (Å²) in [6, 6.07) is 11.8. The van der Waals surface area contributed by atoms with Crippen molar-refractivity contribution in [3.63, 3.8) is 0 Å². The van der Waals surface area contributed by atoms with Gasteiger partial charge in [-0.05, 0) is 68.4 Å². The Balaban J connectivity index is 1.53. The van der Waals surface area contributed by atoms with E-state index < -0.39 is 17.4 Å². The van der Waals surface area contributed by atoms with E-state index in [0.717, 1.165) is 40.5 Å². The molecule has 6 rings (SSSR count). The number of fused-ring (bicyclic) bond motifs is 3. The number of aliphatic hydroxyl groups is 1. The molecule has 2 bridgehead atoms. The predicted octanol–water partition coefficient (Wildman–Crippen LogP) is 5.22. The smallest absolute Gasteiger partial charge is 0.233 e. The van der Waals surface area contributed by atoms with E-state index in [1.54, 1.807) is 0 Å². The monoisotopic (exact) mass is 511 g/mol. The van der Waals surface area contributed by atoms with Crippen molar-refractivity contribution in [1.82, 2.24) is 15.3 Å². The third kappa shape index (κ3) is 3.57. The van der Waals surface area contributed by atoms with Gasteiger partial charge in [-0.2, -0.15) is 0 Å². The lowest BCUT2D eigenvalue weighted by Crippen LogP contribution is -2.54. The number of benzene rings is 1. The minimum Gasteiger partial charge on any atom is -0.388 e. The highest BCUT2D eigenvalue weighted by atomic mass is 16.3. The van der Waals surface area contributed by atoms with Crippen LogP contribution in [0.3, 0.4) is 0 Å². The zero-order valence-corrected chi connectivity index (χ0v) is 22.5. The lowest BCUT2D eigenvalue weighted by atomic mass is 9.55. The molecule has 1 spiro atoms. The van der Waals surface area contributed by atoms with E-state index in [4.69, 9.17) is 0 Å². The fourth-order valence-electron chi connectivity index (χ4n) is 7.57. The van der Waals surface area contributed by atoms with Crippen molar-refractivity contribution in [2.24, 2.45) is 23.7 Å². The number of nitrogens with one attached hydrogen (secondary N) is 3. The number of carbonyl (C=O) groups excluding carboxylic acids is 2. The molecular weight excluding hydrogens is 474 g/mol. The van der Waals surface area contributed by atoms with Crippen LogP contribution in [0, 0.1) is 23.7 Å². The Morgan fingerprint density at radius 3 is 2.66 bits per heavy atom.